The molecule has 0 aliphatic heterocycles. The third-order valence-electron chi connectivity index (χ3n) is 4.31. The normalized spacial score (nSPS) is 12.9. The lowest BCUT2D eigenvalue weighted by Gasteiger charge is -2.26. The van der Waals surface area contributed by atoms with Gasteiger partial charge in [0.1, 0.15) is 0 Å². The maximum atomic E-state index is 2.42. The molecule has 1 aromatic heterocycles. The molecule has 1 heterocycles. The van der Waals surface area contributed by atoms with Crippen LogP contribution in [0.15, 0.2) is 66.5 Å². The SMILES string of the molecule is Cc1c[pH]c([C@H](C)P(c2ccccc2)c2ccccc2)c1C. The molecule has 2 atom stereocenters. The van der Waals surface area contributed by atoms with E-state index in [1.165, 1.54) is 21.7 Å². The first-order valence-corrected chi connectivity index (χ1v) is 10.2. The zero-order chi connectivity index (χ0) is 15.5. The van der Waals surface area contributed by atoms with Gasteiger partial charge in [0.25, 0.3) is 0 Å². The Balaban J connectivity index is 2.08. The highest BCUT2D eigenvalue weighted by atomic mass is 31.1. The van der Waals surface area contributed by atoms with Crippen LogP contribution in [-0.2, 0) is 0 Å². The first-order valence-electron chi connectivity index (χ1n) is 7.72. The van der Waals surface area contributed by atoms with Gasteiger partial charge in [0.2, 0.25) is 0 Å². The highest BCUT2D eigenvalue weighted by Gasteiger charge is 2.24. The molecule has 0 fully saturated rings. The number of hydrogen-bond donors (Lipinski definition) is 0. The van der Waals surface area contributed by atoms with Gasteiger partial charge in [-0.3, -0.25) is 0 Å². The van der Waals surface area contributed by atoms with Gasteiger partial charge >= 0.3 is 0 Å². The average molecular weight is 324 g/mol. The summed E-state index contributed by atoms with van der Waals surface area (Å²) in [5.41, 5.74) is 3.58. The standard InChI is InChI=1S/C20H22P2/c1-15-14-21-20(16(15)2)17(3)22(18-10-6-4-7-11-18)19-12-8-5-9-13-19/h4-14,17,21H,1-3H3/t17-/m0/s1. The van der Waals surface area contributed by atoms with Crippen LogP contribution in [0.3, 0.4) is 0 Å². The van der Waals surface area contributed by atoms with Crippen LogP contribution in [0.5, 0.6) is 0 Å². The van der Waals surface area contributed by atoms with Crippen molar-refractivity contribution in [2.45, 2.75) is 26.4 Å². The lowest BCUT2D eigenvalue weighted by molar-refractivity contribution is 1.10. The van der Waals surface area contributed by atoms with Crippen LogP contribution in [0.4, 0.5) is 0 Å². The largest absolute Gasteiger partial charge is 0.135 e. The average Bonchev–Trinajstić information content (AvgIpc) is 2.89. The molecule has 0 amide bonds. The van der Waals surface area contributed by atoms with Gasteiger partial charge in [0, 0.05) is 5.66 Å². The minimum atomic E-state index is -0.353. The molecule has 1 unspecified atom stereocenters. The minimum absolute atomic E-state index is 0.353. The Bertz CT molecular complexity index is 689. The fourth-order valence-corrected chi connectivity index (χ4v) is 7.44. The van der Waals surface area contributed by atoms with E-state index < -0.39 is 0 Å². The Hall–Kier alpha value is -1.35. The van der Waals surface area contributed by atoms with E-state index in [0.29, 0.717) is 5.66 Å². The zero-order valence-corrected chi connectivity index (χ0v) is 15.3. The van der Waals surface area contributed by atoms with E-state index in [0.717, 1.165) is 8.19 Å². The van der Waals surface area contributed by atoms with E-state index in [2.05, 4.69) is 87.2 Å². The summed E-state index contributed by atoms with van der Waals surface area (Å²) in [5, 5.41) is 4.60. The van der Waals surface area contributed by atoms with Crippen molar-refractivity contribution in [2.75, 3.05) is 0 Å². The molecule has 0 aliphatic rings. The molecule has 3 aromatic rings. The molecule has 0 spiro atoms. The van der Waals surface area contributed by atoms with Crippen molar-refractivity contribution in [1.29, 1.82) is 0 Å². The number of rotatable bonds is 4. The maximum Gasteiger partial charge on any atom is 0.0131 e. The minimum Gasteiger partial charge on any atom is -0.135 e. The summed E-state index contributed by atoms with van der Waals surface area (Å²) in [7, 11) is 0.504. The molecular formula is C20H22P2. The summed E-state index contributed by atoms with van der Waals surface area (Å²) in [4.78, 5) is 0. The maximum absolute atomic E-state index is 2.42. The molecule has 0 nitrogen and oxygen atoms in total. The van der Waals surface area contributed by atoms with Crippen molar-refractivity contribution in [1.82, 2.24) is 0 Å². The van der Waals surface area contributed by atoms with Crippen LogP contribution < -0.4 is 10.6 Å². The van der Waals surface area contributed by atoms with Gasteiger partial charge in [0.15, 0.2) is 0 Å². The van der Waals surface area contributed by atoms with Gasteiger partial charge in [-0.15, -0.1) is 8.19 Å². The molecular weight excluding hydrogens is 302 g/mol. The summed E-state index contributed by atoms with van der Waals surface area (Å²) in [6, 6.07) is 22.1. The molecule has 2 heteroatoms. The second-order valence-electron chi connectivity index (χ2n) is 5.73. The van der Waals surface area contributed by atoms with Gasteiger partial charge in [-0.1, -0.05) is 67.6 Å². The summed E-state index contributed by atoms with van der Waals surface area (Å²) in [6.07, 6.45) is 0. The second-order valence-corrected chi connectivity index (χ2v) is 9.39. The summed E-state index contributed by atoms with van der Waals surface area (Å²) in [5.74, 6) is 2.41. The summed E-state index contributed by atoms with van der Waals surface area (Å²) >= 11 is 0. The van der Waals surface area contributed by atoms with Crippen LogP contribution in [0.25, 0.3) is 0 Å². The van der Waals surface area contributed by atoms with Gasteiger partial charge in [-0.25, -0.2) is 0 Å². The van der Waals surface area contributed by atoms with Crippen LogP contribution >= 0.6 is 16.1 Å². The van der Waals surface area contributed by atoms with Crippen molar-refractivity contribution >= 4 is 26.7 Å². The lowest BCUT2D eigenvalue weighted by Crippen LogP contribution is -2.15. The first kappa shape index (κ1) is 15.5. The van der Waals surface area contributed by atoms with Crippen LogP contribution in [0.2, 0.25) is 0 Å². The van der Waals surface area contributed by atoms with Gasteiger partial charge in [-0.05, 0) is 54.6 Å². The van der Waals surface area contributed by atoms with E-state index in [9.17, 15) is 0 Å². The van der Waals surface area contributed by atoms with Crippen molar-refractivity contribution in [3.63, 3.8) is 0 Å². The smallest absolute Gasteiger partial charge is 0.0131 e. The number of aryl methyl sites for hydroxylation is 1. The molecule has 0 saturated heterocycles. The number of hydrogen-bond acceptors (Lipinski definition) is 0. The molecule has 3 rings (SSSR count). The van der Waals surface area contributed by atoms with Crippen molar-refractivity contribution in [3.05, 3.63) is 82.9 Å². The van der Waals surface area contributed by atoms with Crippen molar-refractivity contribution in [2.24, 2.45) is 0 Å². The zero-order valence-electron chi connectivity index (χ0n) is 13.4. The topological polar surface area (TPSA) is 0 Å². The van der Waals surface area contributed by atoms with Crippen LogP contribution in [-0.4, -0.2) is 0 Å². The molecule has 0 saturated carbocycles. The fourth-order valence-electron chi connectivity index (χ4n) is 2.95. The van der Waals surface area contributed by atoms with Gasteiger partial charge < -0.3 is 0 Å². The molecule has 0 bridgehead atoms. The predicted octanol–water partition coefficient (Wildman–Crippen LogP) is 5.53. The molecule has 112 valence electrons. The fraction of sp³-hybridized carbons (Fsp3) is 0.200. The first-order chi connectivity index (χ1) is 10.7. The van der Waals surface area contributed by atoms with Crippen LogP contribution in [0, 0.1) is 13.8 Å². The Morgan fingerprint density at radius 3 is 1.73 bits per heavy atom. The second kappa shape index (κ2) is 6.82. The summed E-state index contributed by atoms with van der Waals surface area (Å²) < 4.78 is 0. The van der Waals surface area contributed by atoms with E-state index in [4.69, 9.17) is 0 Å². The van der Waals surface area contributed by atoms with E-state index in [-0.39, 0.29) is 7.92 Å². The highest BCUT2D eigenvalue weighted by molar-refractivity contribution is 7.73. The number of benzene rings is 2. The van der Waals surface area contributed by atoms with E-state index in [1.54, 1.807) is 5.30 Å². The summed E-state index contributed by atoms with van der Waals surface area (Å²) in [6.45, 7) is 6.96. The third kappa shape index (κ3) is 3.05. The molecule has 0 aliphatic carbocycles. The van der Waals surface area contributed by atoms with Crippen molar-refractivity contribution in [3.8, 4) is 0 Å². The Morgan fingerprint density at radius 2 is 1.32 bits per heavy atom. The molecule has 22 heavy (non-hydrogen) atoms. The highest BCUT2D eigenvalue weighted by Crippen LogP contribution is 2.52. The Morgan fingerprint density at radius 1 is 0.818 bits per heavy atom. The molecule has 0 radical (unpaired) electrons. The third-order valence-corrected chi connectivity index (χ3v) is 8.99. The lowest BCUT2D eigenvalue weighted by atomic mass is 10.2. The molecule has 0 N–H and O–H groups in total. The Kier molecular flexibility index (Phi) is 4.82. The predicted molar refractivity (Wildman–Crippen MR) is 103 cm³/mol. The van der Waals surface area contributed by atoms with Crippen molar-refractivity contribution < 1.29 is 0 Å². The quantitative estimate of drug-likeness (QED) is 0.554. The Labute approximate surface area is 136 Å². The van der Waals surface area contributed by atoms with E-state index >= 15 is 0 Å². The van der Waals surface area contributed by atoms with E-state index in [1.807, 2.05) is 0 Å². The molecule has 2 aromatic carbocycles. The van der Waals surface area contributed by atoms with Gasteiger partial charge in [-0.2, -0.15) is 0 Å². The van der Waals surface area contributed by atoms with Gasteiger partial charge in [0.05, 0.1) is 0 Å². The van der Waals surface area contributed by atoms with Crippen LogP contribution in [0.1, 0.15) is 29.0 Å². The monoisotopic (exact) mass is 324 g/mol.